The first-order valence-electron chi connectivity index (χ1n) is 8.53. The first kappa shape index (κ1) is 21.5. The van der Waals surface area contributed by atoms with E-state index in [1.807, 2.05) is 0 Å². The van der Waals surface area contributed by atoms with Gasteiger partial charge >= 0.3 is 6.01 Å². The molecule has 1 N–H and O–H groups in total. The van der Waals surface area contributed by atoms with Gasteiger partial charge in [0, 0.05) is 11.1 Å². The first-order chi connectivity index (χ1) is 14.4. The van der Waals surface area contributed by atoms with E-state index in [9.17, 15) is 4.79 Å². The van der Waals surface area contributed by atoms with Crippen molar-refractivity contribution in [2.45, 2.75) is 0 Å². The van der Waals surface area contributed by atoms with Crippen molar-refractivity contribution in [3.8, 4) is 28.7 Å². The van der Waals surface area contributed by atoms with Crippen molar-refractivity contribution in [1.29, 1.82) is 0 Å². The van der Waals surface area contributed by atoms with Crippen LogP contribution in [0.15, 0.2) is 40.8 Å². The number of nitrogens with one attached hydrogen (secondary N) is 1. The fourth-order valence-electron chi connectivity index (χ4n) is 2.56. The smallest absolute Gasteiger partial charge is 0.322 e. The third kappa shape index (κ3) is 4.84. The Labute approximate surface area is 182 Å². The summed E-state index contributed by atoms with van der Waals surface area (Å²) in [7, 11) is 4.54. The Bertz CT molecular complexity index is 1070. The van der Waals surface area contributed by atoms with E-state index in [-0.39, 0.29) is 11.9 Å². The molecule has 0 atom stereocenters. The summed E-state index contributed by atoms with van der Waals surface area (Å²) < 4.78 is 21.3. The molecule has 0 saturated heterocycles. The maximum Gasteiger partial charge on any atom is 0.322 e. The highest BCUT2D eigenvalue weighted by Crippen LogP contribution is 2.38. The predicted octanol–water partition coefficient (Wildman–Crippen LogP) is 4.72. The molecule has 0 aliphatic heterocycles. The van der Waals surface area contributed by atoms with E-state index in [1.54, 1.807) is 36.4 Å². The maximum absolute atomic E-state index is 12.2. The highest BCUT2D eigenvalue weighted by molar-refractivity contribution is 6.36. The molecule has 2 aromatic carbocycles. The van der Waals surface area contributed by atoms with E-state index < -0.39 is 5.91 Å². The summed E-state index contributed by atoms with van der Waals surface area (Å²) in [5, 5.41) is 11.0. The van der Waals surface area contributed by atoms with Crippen LogP contribution in [0.4, 0.5) is 6.01 Å². The molecule has 30 heavy (non-hydrogen) atoms. The number of carbonyl (C=O) groups is 1. The molecule has 0 aliphatic carbocycles. The number of benzene rings is 2. The lowest BCUT2D eigenvalue weighted by Gasteiger charge is -2.12. The quantitative estimate of drug-likeness (QED) is 0.521. The van der Waals surface area contributed by atoms with Gasteiger partial charge in [0.1, 0.15) is 0 Å². The lowest BCUT2D eigenvalue weighted by atomic mass is 10.1. The monoisotopic (exact) mass is 449 g/mol. The number of anilines is 1. The predicted molar refractivity (Wildman–Crippen MR) is 114 cm³/mol. The molecule has 3 rings (SSSR count). The van der Waals surface area contributed by atoms with Gasteiger partial charge in [-0.15, -0.1) is 5.10 Å². The number of hydrogen-bond acceptors (Lipinski definition) is 7. The summed E-state index contributed by atoms with van der Waals surface area (Å²) in [6, 6.07) is 8.19. The van der Waals surface area contributed by atoms with Gasteiger partial charge < -0.3 is 18.6 Å². The van der Waals surface area contributed by atoms with Gasteiger partial charge in [-0.1, -0.05) is 28.3 Å². The fraction of sp³-hybridized carbons (Fsp3) is 0.150. The highest BCUT2D eigenvalue weighted by Gasteiger charge is 2.14. The van der Waals surface area contributed by atoms with Crippen molar-refractivity contribution in [1.82, 2.24) is 10.2 Å². The van der Waals surface area contributed by atoms with Gasteiger partial charge in [0.05, 0.1) is 31.9 Å². The maximum atomic E-state index is 12.2. The number of methoxy groups -OCH3 is 3. The molecule has 0 fully saturated rings. The van der Waals surface area contributed by atoms with Gasteiger partial charge in [-0.25, -0.2) is 0 Å². The minimum atomic E-state index is -0.471. The number of ether oxygens (including phenoxy) is 3. The summed E-state index contributed by atoms with van der Waals surface area (Å²) in [6.45, 7) is 0. The molecule has 0 spiro atoms. The van der Waals surface area contributed by atoms with Crippen molar-refractivity contribution in [3.05, 3.63) is 52.0 Å². The van der Waals surface area contributed by atoms with Crippen LogP contribution >= 0.6 is 23.2 Å². The second-order valence-electron chi connectivity index (χ2n) is 5.82. The SMILES string of the molecule is COc1cc(/C=C/C(=O)Nc2nnc(-c3ccc(Cl)cc3Cl)o2)cc(OC)c1OC. The average Bonchev–Trinajstić information content (AvgIpc) is 3.19. The van der Waals surface area contributed by atoms with E-state index in [1.165, 1.54) is 27.4 Å². The first-order valence-corrected chi connectivity index (χ1v) is 9.28. The van der Waals surface area contributed by atoms with Crippen LogP contribution in [-0.2, 0) is 4.79 Å². The Hall–Kier alpha value is -3.23. The number of carbonyl (C=O) groups excluding carboxylic acids is 1. The number of halogens is 2. The van der Waals surface area contributed by atoms with E-state index in [0.717, 1.165) is 0 Å². The summed E-state index contributed by atoms with van der Waals surface area (Å²) in [5.41, 5.74) is 1.17. The van der Waals surface area contributed by atoms with E-state index in [4.69, 9.17) is 41.8 Å². The average molecular weight is 450 g/mol. The zero-order valence-electron chi connectivity index (χ0n) is 16.2. The lowest BCUT2D eigenvalue weighted by Crippen LogP contribution is -2.07. The zero-order chi connectivity index (χ0) is 21.7. The molecule has 0 unspecified atom stereocenters. The van der Waals surface area contributed by atoms with Crippen molar-refractivity contribution in [2.24, 2.45) is 0 Å². The van der Waals surface area contributed by atoms with Crippen LogP contribution in [0.2, 0.25) is 10.0 Å². The van der Waals surface area contributed by atoms with Crippen molar-refractivity contribution in [2.75, 3.05) is 26.6 Å². The van der Waals surface area contributed by atoms with Crippen LogP contribution in [0.25, 0.3) is 17.5 Å². The lowest BCUT2D eigenvalue weighted by molar-refractivity contribution is -0.112. The van der Waals surface area contributed by atoms with Crippen LogP contribution in [0.3, 0.4) is 0 Å². The minimum Gasteiger partial charge on any atom is -0.493 e. The molecule has 0 radical (unpaired) electrons. The summed E-state index contributed by atoms with van der Waals surface area (Å²) in [5.74, 6) is 1.08. The van der Waals surface area contributed by atoms with Crippen LogP contribution in [0.1, 0.15) is 5.56 Å². The van der Waals surface area contributed by atoms with Gasteiger partial charge in [0.2, 0.25) is 5.75 Å². The molecule has 8 nitrogen and oxygen atoms in total. The third-order valence-electron chi connectivity index (χ3n) is 3.93. The summed E-state index contributed by atoms with van der Waals surface area (Å²) in [6.07, 6.45) is 2.88. The molecule has 1 aromatic heterocycles. The van der Waals surface area contributed by atoms with Gasteiger partial charge in [0.15, 0.2) is 11.5 Å². The van der Waals surface area contributed by atoms with Crippen LogP contribution < -0.4 is 19.5 Å². The molecule has 3 aromatic rings. The molecular formula is C20H17Cl2N3O5. The Balaban J connectivity index is 1.73. The van der Waals surface area contributed by atoms with Crippen molar-refractivity contribution >= 4 is 41.2 Å². The molecule has 10 heteroatoms. The van der Waals surface area contributed by atoms with Crippen molar-refractivity contribution in [3.63, 3.8) is 0 Å². The van der Waals surface area contributed by atoms with Gasteiger partial charge in [-0.05, 0) is 42.0 Å². The van der Waals surface area contributed by atoms with Crippen LogP contribution in [-0.4, -0.2) is 37.4 Å². The van der Waals surface area contributed by atoms with E-state index in [0.29, 0.717) is 38.4 Å². The van der Waals surface area contributed by atoms with Crippen LogP contribution in [0.5, 0.6) is 17.2 Å². The van der Waals surface area contributed by atoms with Gasteiger partial charge in [0.25, 0.3) is 11.8 Å². The van der Waals surface area contributed by atoms with Gasteiger partial charge in [-0.2, -0.15) is 0 Å². The van der Waals surface area contributed by atoms with Crippen molar-refractivity contribution < 1.29 is 23.4 Å². The number of amides is 1. The fourth-order valence-corrected chi connectivity index (χ4v) is 3.05. The topological polar surface area (TPSA) is 95.7 Å². The zero-order valence-corrected chi connectivity index (χ0v) is 17.7. The standard InChI is InChI=1S/C20H17Cl2N3O5/c1-27-15-8-11(9-16(28-2)18(15)29-3)4-7-17(26)23-20-25-24-19(30-20)13-6-5-12(21)10-14(13)22/h4-10H,1-3H3,(H,23,25,26)/b7-4+. The molecule has 0 saturated carbocycles. The molecule has 1 amide bonds. The molecule has 1 heterocycles. The highest BCUT2D eigenvalue weighted by atomic mass is 35.5. The summed E-state index contributed by atoms with van der Waals surface area (Å²) >= 11 is 12.0. The molecular weight excluding hydrogens is 433 g/mol. The number of rotatable bonds is 7. The number of aromatic nitrogens is 2. The third-order valence-corrected chi connectivity index (χ3v) is 4.48. The largest absolute Gasteiger partial charge is 0.493 e. The Morgan fingerprint density at radius 3 is 2.33 bits per heavy atom. The number of hydrogen-bond donors (Lipinski definition) is 1. The summed E-state index contributed by atoms with van der Waals surface area (Å²) in [4.78, 5) is 12.2. The molecule has 0 aliphatic rings. The Morgan fingerprint density at radius 2 is 1.73 bits per heavy atom. The Kier molecular flexibility index (Phi) is 6.81. The van der Waals surface area contributed by atoms with E-state index >= 15 is 0 Å². The van der Waals surface area contributed by atoms with Gasteiger partial charge in [-0.3, -0.25) is 10.1 Å². The second-order valence-corrected chi connectivity index (χ2v) is 6.66. The van der Waals surface area contributed by atoms with Crippen LogP contribution in [0, 0.1) is 0 Å². The molecule has 156 valence electrons. The molecule has 0 bridgehead atoms. The van der Waals surface area contributed by atoms with E-state index in [2.05, 4.69) is 15.5 Å². The minimum absolute atomic E-state index is 0.0736. The Morgan fingerprint density at radius 1 is 1.03 bits per heavy atom. The second kappa shape index (κ2) is 9.51. The number of nitrogens with zero attached hydrogens (tertiary/aromatic N) is 2. The normalized spacial score (nSPS) is 10.8.